The number of epoxide rings is 1. The quantitative estimate of drug-likeness (QED) is 0.501. The number of aliphatic hydroxyl groups is 2. The second-order valence-electron chi connectivity index (χ2n) is 7.81. The van der Waals surface area contributed by atoms with Crippen molar-refractivity contribution in [3.8, 4) is 5.75 Å². The summed E-state index contributed by atoms with van der Waals surface area (Å²) in [7, 11) is 0. The molecule has 4 atom stereocenters. The Morgan fingerprint density at radius 3 is 2.70 bits per heavy atom. The molecule has 33 heavy (non-hydrogen) atoms. The second-order valence-corrected chi connectivity index (χ2v) is 7.81. The van der Waals surface area contributed by atoms with E-state index in [-0.39, 0.29) is 16.7 Å². The molecule has 0 bridgehead atoms. The normalized spacial score (nSPS) is 28.8. The Labute approximate surface area is 181 Å². The number of fused-ring (bicyclic) bond motifs is 2. The summed E-state index contributed by atoms with van der Waals surface area (Å²) in [4.78, 5) is 25.7. The van der Waals surface area contributed by atoms with Crippen LogP contribution >= 0.6 is 0 Å². The topological polar surface area (TPSA) is 141 Å². The van der Waals surface area contributed by atoms with Crippen LogP contribution in [0.3, 0.4) is 0 Å². The predicted octanol–water partition coefficient (Wildman–Crippen LogP) is 0.249. The molecule has 2 aliphatic rings. The van der Waals surface area contributed by atoms with Gasteiger partial charge in [0, 0.05) is 12.3 Å². The summed E-state index contributed by atoms with van der Waals surface area (Å²) in [6.45, 7) is 0.258. The second kappa shape index (κ2) is 6.90. The summed E-state index contributed by atoms with van der Waals surface area (Å²) in [6, 6.07) is 4.69. The summed E-state index contributed by atoms with van der Waals surface area (Å²) in [5.74, 6) is -2.06. The zero-order chi connectivity index (χ0) is 23.8. The number of rotatable bonds is 5. The number of halogens is 3. The minimum absolute atomic E-state index is 0.0420. The molecule has 4 heterocycles. The van der Waals surface area contributed by atoms with Crippen LogP contribution < -0.4 is 16.0 Å². The maximum absolute atomic E-state index is 13.2. The lowest BCUT2D eigenvalue weighted by molar-refractivity contribution is -0.274. The highest BCUT2D eigenvalue weighted by Crippen LogP contribution is 2.53. The molecule has 2 aromatic heterocycles. The Bertz CT molecular complexity index is 1360. The molecule has 3 aromatic rings. The van der Waals surface area contributed by atoms with Gasteiger partial charge in [-0.2, -0.15) is 0 Å². The molecular weight excluding hydrogens is 455 g/mol. The van der Waals surface area contributed by atoms with Gasteiger partial charge in [0.2, 0.25) is 5.79 Å². The smallest absolute Gasteiger partial charge is 0.405 e. The largest absolute Gasteiger partial charge is 0.573 e. The Morgan fingerprint density at radius 1 is 1.27 bits per heavy atom. The van der Waals surface area contributed by atoms with Crippen molar-refractivity contribution in [1.82, 2.24) is 14.3 Å². The number of ether oxygens (including phenoxy) is 3. The molecule has 2 N–H and O–H groups in total. The SMILES string of the molecule is CC1(n2ccc(=O)n(Cc3noc4cccc(OC(F)(F)F)c34)c2=O)OC2(CO)O[C@@H]2[C@@H]1O. The molecule has 11 nitrogen and oxygen atoms in total. The first-order valence-corrected chi connectivity index (χ1v) is 9.62. The van der Waals surface area contributed by atoms with Gasteiger partial charge in [-0.3, -0.25) is 13.9 Å². The van der Waals surface area contributed by atoms with Gasteiger partial charge in [-0.05, 0) is 19.1 Å². The van der Waals surface area contributed by atoms with Crippen LogP contribution in [0.5, 0.6) is 5.75 Å². The molecule has 2 saturated heterocycles. The van der Waals surface area contributed by atoms with Gasteiger partial charge in [-0.1, -0.05) is 11.2 Å². The highest BCUT2D eigenvalue weighted by Gasteiger charge is 2.74. The van der Waals surface area contributed by atoms with E-state index in [1.165, 1.54) is 19.1 Å². The summed E-state index contributed by atoms with van der Waals surface area (Å²) < 4.78 is 60.0. The maximum Gasteiger partial charge on any atom is 0.573 e. The highest BCUT2D eigenvalue weighted by molar-refractivity contribution is 5.86. The van der Waals surface area contributed by atoms with Crippen LogP contribution in [0.15, 0.2) is 44.6 Å². The third-order valence-corrected chi connectivity index (χ3v) is 5.75. The molecule has 0 radical (unpaired) electrons. The summed E-state index contributed by atoms with van der Waals surface area (Å²) in [5.41, 5.74) is -3.61. The van der Waals surface area contributed by atoms with E-state index in [0.717, 1.165) is 22.9 Å². The van der Waals surface area contributed by atoms with E-state index in [2.05, 4.69) is 9.89 Å². The monoisotopic (exact) mass is 471 g/mol. The lowest BCUT2D eigenvalue weighted by atomic mass is 10.1. The molecule has 2 fully saturated rings. The Morgan fingerprint density at radius 2 is 2.03 bits per heavy atom. The Hall–Kier alpha value is -3.20. The number of alkyl halides is 3. The van der Waals surface area contributed by atoms with Crippen molar-refractivity contribution in [1.29, 1.82) is 0 Å². The van der Waals surface area contributed by atoms with Crippen LogP contribution in [0, 0.1) is 0 Å². The molecule has 14 heteroatoms. The predicted molar refractivity (Wildman–Crippen MR) is 100 cm³/mol. The Balaban J connectivity index is 1.57. The van der Waals surface area contributed by atoms with Crippen LogP contribution in [-0.2, 0) is 21.7 Å². The van der Waals surface area contributed by atoms with E-state index in [0.29, 0.717) is 4.57 Å². The third-order valence-electron chi connectivity index (χ3n) is 5.75. The summed E-state index contributed by atoms with van der Waals surface area (Å²) >= 11 is 0. The van der Waals surface area contributed by atoms with E-state index in [9.17, 15) is 33.0 Å². The lowest BCUT2D eigenvalue weighted by Gasteiger charge is -2.32. The first-order valence-electron chi connectivity index (χ1n) is 9.62. The minimum Gasteiger partial charge on any atom is -0.405 e. The fourth-order valence-electron chi connectivity index (χ4n) is 4.10. The molecule has 0 spiro atoms. The lowest BCUT2D eigenvalue weighted by Crippen LogP contribution is -2.53. The summed E-state index contributed by atoms with van der Waals surface area (Å²) in [6.07, 6.45) is -6.11. The van der Waals surface area contributed by atoms with Crippen molar-refractivity contribution in [2.45, 2.75) is 43.6 Å². The molecule has 1 aromatic carbocycles. The standard InChI is InChI=1S/C19H16F3N3O8/c1-17(14(28)15-18(8-26,31-15)33-17)25-6-5-12(27)24(16(25)29)7-9-13-10(30-19(20,21)22)3-2-4-11(13)32-23-9/h2-6,14-15,26,28H,7-8H2,1H3/t14-,15+,17?,18?/m0/s1. The number of benzene rings is 1. The number of aliphatic hydroxyl groups excluding tert-OH is 2. The van der Waals surface area contributed by atoms with Crippen molar-refractivity contribution in [3.05, 3.63) is 57.0 Å². The molecule has 5 rings (SSSR count). The van der Waals surface area contributed by atoms with Gasteiger partial charge in [0.05, 0.1) is 11.9 Å². The van der Waals surface area contributed by atoms with Crippen molar-refractivity contribution < 1.29 is 42.1 Å². The molecule has 2 aliphatic heterocycles. The van der Waals surface area contributed by atoms with Gasteiger partial charge in [0.15, 0.2) is 11.3 Å². The average Bonchev–Trinajstić information content (AvgIpc) is 3.21. The molecule has 176 valence electrons. The Kier molecular flexibility index (Phi) is 4.52. The number of hydrogen-bond acceptors (Lipinski definition) is 9. The van der Waals surface area contributed by atoms with Crippen LogP contribution in [0.4, 0.5) is 13.2 Å². The van der Waals surface area contributed by atoms with Crippen LogP contribution in [0.1, 0.15) is 12.6 Å². The molecule has 0 aliphatic carbocycles. The molecular formula is C19H16F3N3O8. The highest BCUT2D eigenvalue weighted by atomic mass is 19.4. The van der Waals surface area contributed by atoms with Crippen LogP contribution in [-0.4, -0.2) is 55.5 Å². The number of aromatic nitrogens is 3. The van der Waals surface area contributed by atoms with Crippen LogP contribution in [0.2, 0.25) is 0 Å². The first kappa shape index (κ1) is 21.6. The van der Waals surface area contributed by atoms with Crippen LogP contribution in [0.25, 0.3) is 11.0 Å². The fraction of sp³-hybridized carbons (Fsp3) is 0.421. The van der Waals surface area contributed by atoms with Gasteiger partial charge < -0.3 is 28.9 Å². The molecule has 0 saturated carbocycles. The minimum atomic E-state index is -4.99. The van der Waals surface area contributed by atoms with E-state index < -0.39 is 60.2 Å². The zero-order valence-corrected chi connectivity index (χ0v) is 16.8. The fourth-order valence-corrected chi connectivity index (χ4v) is 4.10. The van der Waals surface area contributed by atoms with Gasteiger partial charge >= 0.3 is 12.1 Å². The van der Waals surface area contributed by atoms with Gasteiger partial charge in [0.25, 0.3) is 5.56 Å². The van der Waals surface area contributed by atoms with E-state index in [1.54, 1.807) is 0 Å². The van der Waals surface area contributed by atoms with Gasteiger partial charge in [0.1, 0.15) is 30.3 Å². The number of hydrogen-bond donors (Lipinski definition) is 2. The average molecular weight is 471 g/mol. The first-order chi connectivity index (χ1) is 15.5. The van der Waals surface area contributed by atoms with Gasteiger partial charge in [-0.25, -0.2) is 4.79 Å². The maximum atomic E-state index is 13.2. The molecule has 0 amide bonds. The van der Waals surface area contributed by atoms with E-state index >= 15 is 0 Å². The van der Waals surface area contributed by atoms with Crippen molar-refractivity contribution in [2.75, 3.05) is 6.61 Å². The van der Waals surface area contributed by atoms with E-state index in [4.69, 9.17) is 14.0 Å². The molecule has 2 unspecified atom stereocenters. The van der Waals surface area contributed by atoms with Crippen molar-refractivity contribution in [2.24, 2.45) is 0 Å². The van der Waals surface area contributed by atoms with Crippen molar-refractivity contribution >= 4 is 11.0 Å². The third kappa shape index (κ3) is 3.25. The van der Waals surface area contributed by atoms with E-state index in [1.807, 2.05) is 0 Å². The van der Waals surface area contributed by atoms with Crippen molar-refractivity contribution in [3.63, 3.8) is 0 Å². The summed E-state index contributed by atoms with van der Waals surface area (Å²) in [5, 5.41) is 23.6. The number of nitrogens with zero attached hydrogens (tertiary/aromatic N) is 3. The zero-order valence-electron chi connectivity index (χ0n) is 16.8. The van der Waals surface area contributed by atoms with Gasteiger partial charge in [-0.15, -0.1) is 13.2 Å².